The van der Waals surface area contributed by atoms with E-state index < -0.39 is 15.4 Å². The Kier molecular flexibility index (Phi) is 10.1. The molecule has 1 fully saturated rings. The van der Waals surface area contributed by atoms with Crippen LogP contribution in [0, 0.1) is 0 Å². The Balaban J connectivity index is 0.00000392. The molecule has 0 spiro atoms. The van der Waals surface area contributed by atoms with Gasteiger partial charge in [0.1, 0.15) is 5.60 Å². The van der Waals surface area contributed by atoms with Gasteiger partial charge in [0.2, 0.25) is 5.91 Å². The number of hydrogen-bond acceptors (Lipinski definition) is 6. The van der Waals surface area contributed by atoms with Crippen molar-refractivity contribution in [3.63, 3.8) is 0 Å². The van der Waals surface area contributed by atoms with E-state index in [0.29, 0.717) is 25.5 Å². The zero-order valence-electron chi connectivity index (χ0n) is 16.1. The number of nitrogens with zero attached hydrogens (tertiary/aromatic N) is 1. The first-order valence-corrected chi connectivity index (χ1v) is 11.7. The zero-order valence-corrected chi connectivity index (χ0v) is 20.1. The molecule has 0 aliphatic carbocycles. The van der Waals surface area contributed by atoms with Crippen LogP contribution in [-0.4, -0.2) is 62.6 Å². The Labute approximate surface area is 187 Å². The van der Waals surface area contributed by atoms with Crippen LogP contribution in [0.3, 0.4) is 0 Å². The molecule has 160 valence electrons. The summed E-state index contributed by atoms with van der Waals surface area (Å²) < 4.78 is 22.9. The number of aliphatic imine (C=N–C) groups is 1. The highest BCUT2D eigenvalue weighted by Crippen LogP contribution is 2.25. The van der Waals surface area contributed by atoms with E-state index in [1.165, 1.54) is 11.3 Å². The van der Waals surface area contributed by atoms with Crippen molar-refractivity contribution in [1.82, 2.24) is 16.0 Å². The van der Waals surface area contributed by atoms with Gasteiger partial charge >= 0.3 is 0 Å². The van der Waals surface area contributed by atoms with E-state index in [1.54, 1.807) is 6.92 Å². The maximum Gasteiger partial charge on any atom is 0.222 e. The smallest absolute Gasteiger partial charge is 0.222 e. The summed E-state index contributed by atoms with van der Waals surface area (Å²) in [5, 5.41) is 21.3. The van der Waals surface area contributed by atoms with Gasteiger partial charge in [-0.2, -0.15) is 0 Å². The first-order chi connectivity index (χ1) is 12.7. The molecular formula is C17H29IN4O4S2. The second-order valence-corrected chi connectivity index (χ2v) is 9.97. The number of amides is 1. The van der Waals surface area contributed by atoms with Crippen molar-refractivity contribution in [3.05, 3.63) is 22.4 Å². The monoisotopic (exact) mass is 544 g/mol. The number of nitrogens with one attached hydrogen (secondary N) is 3. The molecule has 1 aliphatic heterocycles. The molecule has 2 heterocycles. The minimum absolute atomic E-state index is 0. The lowest BCUT2D eigenvalue weighted by molar-refractivity contribution is -0.121. The molecule has 0 radical (unpaired) electrons. The van der Waals surface area contributed by atoms with Crippen molar-refractivity contribution in [2.75, 3.05) is 31.1 Å². The topological polar surface area (TPSA) is 120 Å². The van der Waals surface area contributed by atoms with Crippen LogP contribution in [0.2, 0.25) is 0 Å². The molecule has 1 amide bonds. The van der Waals surface area contributed by atoms with E-state index in [0.717, 1.165) is 4.88 Å². The Morgan fingerprint density at radius 1 is 1.43 bits per heavy atom. The summed E-state index contributed by atoms with van der Waals surface area (Å²) in [6, 6.07) is 3.47. The van der Waals surface area contributed by atoms with Crippen LogP contribution in [0.15, 0.2) is 22.5 Å². The van der Waals surface area contributed by atoms with Crippen LogP contribution in [0.5, 0.6) is 0 Å². The predicted octanol–water partition coefficient (Wildman–Crippen LogP) is 0.822. The molecular weight excluding hydrogens is 515 g/mol. The van der Waals surface area contributed by atoms with Crippen molar-refractivity contribution >= 4 is 57.0 Å². The molecule has 11 heteroatoms. The van der Waals surface area contributed by atoms with Gasteiger partial charge in [-0.15, -0.1) is 35.3 Å². The molecule has 0 bridgehead atoms. The summed E-state index contributed by atoms with van der Waals surface area (Å²) in [5.41, 5.74) is -1.05. The Morgan fingerprint density at radius 3 is 2.75 bits per heavy atom. The maximum absolute atomic E-state index is 12.0. The number of carbonyl (C=O) groups excluding carboxylic acids is 1. The number of halogens is 1. The summed E-state index contributed by atoms with van der Waals surface area (Å²) in [7, 11) is -3.00. The number of aliphatic hydroxyl groups is 1. The molecule has 2 atom stereocenters. The Hall–Kier alpha value is -0.920. The lowest BCUT2D eigenvalue weighted by Gasteiger charge is -2.20. The zero-order chi connectivity index (χ0) is 19.9. The molecule has 2 rings (SSSR count). The molecule has 28 heavy (non-hydrogen) atoms. The van der Waals surface area contributed by atoms with Crippen LogP contribution in [0.4, 0.5) is 0 Å². The summed E-state index contributed by atoms with van der Waals surface area (Å²) in [6.45, 7) is 4.85. The number of carbonyl (C=O) groups is 1. The molecule has 1 aromatic rings. The normalized spacial score (nSPS) is 20.7. The average Bonchev–Trinajstić information content (AvgIpc) is 3.23. The van der Waals surface area contributed by atoms with Gasteiger partial charge in [0.25, 0.3) is 0 Å². The molecule has 1 aromatic heterocycles. The molecule has 0 saturated carbocycles. The van der Waals surface area contributed by atoms with Crippen LogP contribution in [-0.2, 0) is 20.2 Å². The molecule has 1 saturated heterocycles. The molecule has 2 unspecified atom stereocenters. The number of sulfone groups is 1. The molecule has 4 N–H and O–H groups in total. The van der Waals surface area contributed by atoms with E-state index in [9.17, 15) is 18.3 Å². The lowest BCUT2D eigenvalue weighted by atomic mass is 10.1. The molecule has 1 aliphatic rings. The lowest BCUT2D eigenvalue weighted by Crippen LogP contribution is -2.41. The number of hydrogen-bond donors (Lipinski definition) is 4. The summed E-state index contributed by atoms with van der Waals surface area (Å²) >= 11 is 1.48. The minimum Gasteiger partial charge on any atom is -0.383 e. The van der Waals surface area contributed by atoms with Crippen molar-refractivity contribution in [1.29, 1.82) is 0 Å². The summed E-state index contributed by atoms with van der Waals surface area (Å²) in [6.07, 6.45) is 0.686. The van der Waals surface area contributed by atoms with Crippen LogP contribution < -0.4 is 16.0 Å². The van der Waals surface area contributed by atoms with Crippen LogP contribution >= 0.6 is 35.3 Å². The van der Waals surface area contributed by atoms with E-state index in [1.807, 2.05) is 24.4 Å². The van der Waals surface area contributed by atoms with Crippen LogP contribution in [0.1, 0.15) is 31.6 Å². The SMILES string of the molecule is CCNC(=NCC(C)(O)c1cccs1)NCCC(=O)NC1CCS(=O)(=O)C1.I. The van der Waals surface area contributed by atoms with Gasteiger partial charge in [-0.1, -0.05) is 6.07 Å². The first kappa shape index (κ1) is 25.1. The van der Waals surface area contributed by atoms with Gasteiger partial charge in [0, 0.05) is 30.4 Å². The van der Waals surface area contributed by atoms with Gasteiger partial charge < -0.3 is 21.1 Å². The highest BCUT2D eigenvalue weighted by molar-refractivity contribution is 14.0. The standard InChI is InChI=1S/C17H28N4O4S2.HI/c1-3-18-16(20-12-17(2,23)14-5-4-9-26-14)19-8-6-15(22)21-13-7-10-27(24,25)11-13;/h4-5,9,13,23H,3,6-8,10-12H2,1-2H3,(H,21,22)(H2,18,19,20);1H. The van der Waals surface area contributed by atoms with Crippen molar-refractivity contribution < 1.29 is 18.3 Å². The first-order valence-electron chi connectivity index (χ1n) is 9.00. The third-order valence-corrected chi connectivity index (χ3v) is 7.07. The van der Waals surface area contributed by atoms with E-state index in [4.69, 9.17) is 0 Å². The quantitative estimate of drug-likeness (QED) is 0.219. The second kappa shape index (κ2) is 11.3. The van der Waals surface area contributed by atoms with Crippen molar-refractivity contribution in [3.8, 4) is 0 Å². The minimum atomic E-state index is -3.00. The molecule has 8 nitrogen and oxygen atoms in total. The number of rotatable bonds is 8. The average molecular weight is 544 g/mol. The molecule has 0 aromatic carbocycles. The highest BCUT2D eigenvalue weighted by atomic mass is 127. The second-order valence-electron chi connectivity index (χ2n) is 6.79. The Morgan fingerprint density at radius 2 is 2.18 bits per heavy atom. The number of guanidine groups is 1. The fourth-order valence-electron chi connectivity index (χ4n) is 2.74. The maximum atomic E-state index is 12.0. The Bertz CT molecular complexity index is 751. The van der Waals surface area contributed by atoms with Gasteiger partial charge in [0.05, 0.1) is 18.1 Å². The van der Waals surface area contributed by atoms with Gasteiger partial charge in [-0.3, -0.25) is 4.79 Å². The number of thiophene rings is 1. The van der Waals surface area contributed by atoms with Gasteiger partial charge in [0.15, 0.2) is 15.8 Å². The largest absolute Gasteiger partial charge is 0.383 e. The summed E-state index contributed by atoms with van der Waals surface area (Å²) in [4.78, 5) is 17.2. The van der Waals surface area contributed by atoms with Crippen molar-refractivity contribution in [2.45, 2.75) is 38.3 Å². The summed E-state index contributed by atoms with van der Waals surface area (Å²) in [5.74, 6) is 0.489. The fraction of sp³-hybridized carbons (Fsp3) is 0.647. The third-order valence-electron chi connectivity index (χ3n) is 4.18. The fourth-order valence-corrected chi connectivity index (χ4v) is 5.19. The van der Waals surface area contributed by atoms with E-state index in [-0.39, 0.29) is 60.4 Å². The third kappa shape index (κ3) is 8.21. The van der Waals surface area contributed by atoms with Gasteiger partial charge in [-0.25, -0.2) is 13.4 Å². The van der Waals surface area contributed by atoms with E-state index in [2.05, 4.69) is 20.9 Å². The highest BCUT2D eigenvalue weighted by Gasteiger charge is 2.28. The van der Waals surface area contributed by atoms with E-state index >= 15 is 0 Å². The predicted molar refractivity (Wildman–Crippen MR) is 123 cm³/mol. The van der Waals surface area contributed by atoms with Gasteiger partial charge in [-0.05, 0) is 31.7 Å². The van der Waals surface area contributed by atoms with Crippen LogP contribution in [0.25, 0.3) is 0 Å². The van der Waals surface area contributed by atoms with Crippen molar-refractivity contribution in [2.24, 2.45) is 4.99 Å².